The van der Waals surface area contributed by atoms with Gasteiger partial charge in [-0.3, -0.25) is 0 Å². The minimum atomic E-state index is 0.339. The van der Waals surface area contributed by atoms with E-state index < -0.39 is 0 Å². The lowest BCUT2D eigenvalue weighted by molar-refractivity contribution is 0.532. The number of rotatable bonds is 5. The molecule has 1 atom stereocenters. The van der Waals surface area contributed by atoms with E-state index in [0.717, 1.165) is 24.3 Å². The van der Waals surface area contributed by atoms with Crippen molar-refractivity contribution in [3.8, 4) is 12.3 Å². The van der Waals surface area contributed by atoms with Gasteiger partial charge in [-0.2, -0.15) is 0 Å². The first kappa shape index (κ1) is 13.1. The summed E-state index contributed by atoms with van der Waals surface area (Å²) in [6.07, 6.45) is 8.16. The Kier molecular flexibility index (Phi) is 5.38. The van der Waals surface area contributed by atoms with Crippen LogP contribution in [-0.4, -0.2) is 7.05 Å². The molecule has 0 spiro atoms. The molecule has 16 heavy (non-hydrogen) atoms. The highest BCUT2D eigenvalue weighted by Gasteiger charge is 2.09. The largest absolute Gasteiger partial charge is 0.313 e. The number of aryl methyl sites for hydroxylation is 1. The van der Waals surface area contributed by atoms with Gasteiger partial charge in [0.1, 0.15) is 0 Å². The Morgan fingerprint density at radius 2 is 2.19 bits per heavy atom. The van der Waals surface area contributed by atoms with Crippen LogP contribution >= 0.6 is 11.6 Å². The standard InChI is InChI=1S/C14H18ClN/c1-4-5-6-7-14(16-3)12-8-11(2)9-13(15)10-12/h1,8-10,14,16H,5-7H2,2-3H3. The van der Waals surface area contributed by atoms with E-state index in [4.69, 9.17) is 18.0 Å². The van der Waals surface area contributed by atoms with Gasteiger partial charge in [0.2, 0.25) is 0 Å². The first-order valence-electron chi connectivity index (χ1n) is 5.55. The molecule has 86 valence electrons. The van der Waals surface area contributed by atoms with Crippen LogP contribution in [0, 0.1) is 19.3 Å². The van der Waals surface area contributed by atoms with Crippen molar-refractivity contribution in [2.45, 2.75) is 32.2 Å². The molecule has 1 unspecified atom stereocenters. The van der Waals surface area contributed by atoms with Crippen LogP contribution in [0.4, 0.5) is 0 Å². The minimum absolute atomic E-state index is 0.339. The van der Waals surface area contributed by atoms with Gasteiger partial charge >= 0.3 is 0 Å². The number of benzene rings is 1. The molecule has 0 aromatic heterocycles. The lowest BCUT2D eigenvalue weighted by atomic mass is 9.99. The molecule has 0 amide bonds. The second-order valence-electron chi connectivity index (χ2n) is 4.00. The van der Waals surface area contributed by atoms with Gasteiger partial charge in [-0.05, 0) is 50.1 Å². The second-order valence-corrected chi connectivity index (χ2v) is 4.44. The van der Waals surface area contributed by atoms with Crippen molar-refractivity contribution in [1.29, 1.82) is 0 Å². The van der Waals surface area contributed by atoms with Crippen LogP contribution in [0.25, 0.3) is 0 Å². The van der Waals surface area contributed by atoms with Crippen LogP contribution in [-0.2, 0) is 0 Å². The van der Waals surface area contributed by atoms with Gasteiger partial charge in [0.05, 0.1) is 0 Å². The van der Waals surface area contributed by atoms with Crippen LogP contribution in [0.15, 0.2) is 18.2 Å². The molecule has 0 aliphatic carbocycles. The monoisotopic (exact) mass is 235 g/mol. The van der Waals surface area contributed by atoms with Crippen LogP contribution in [0.5, 0.6) is 0 Å². The average Bonchev–Trinajstić information content (AvgIpc) is 2.23. The first-order chi connectivity index (χ1) is 7.67. The van der Waals surface area contributed by atoms with E-state index in [-0.39, 0.29) is 0 Å². The van der Waals surface area contributed by atoms with E-state index in [9.17, 15) is 0 Å². The Morgan fingerprint density at radius 3 is 2.75 bits per heavy atom. The van der Waals surface area contributed by atoms with Gasteiger partial charge < -0.3 is 5.32 Å². The van der Waals surface area contributed by atoms with Crippen LogP contribution < -0.4 is 5.32 Å². The van der Waals surface area contributed by atoms with Crippen molar-refractivity contribution in [2.24, 2.45) is 0 Å². The maximum atomic E-state index is 6.05. The van der Waals surface area contributed by atoms with Crippen LogP contribution in [0.2, 0.25) is 5.02 Å². The molecule has 0 radical (unpaired) electrons. The molecule has 0 saturated carbocycles. The van der Waals surface area contributed by atoms with Gasteiger partial charge in [0.15, 0.2) is 0 Å². The Morgan fingerprint density at radius 1 is 1.44 bits per heavy atom. The highest BCUT2D eigenvalue weighted by molar-refractivity contribution is 6.30. The van der Waals surface area contributed by atoms with Crippen LogP contribution in [0.1, 0.15) is 36.4 Å². The predicted octanol–water partition coefficient (Wildman–Crippen LogP) is 3.71. The fraction of sp³-hybridized carbons (Fsp3) is 0.429. The van der Waals surface area contributed by atoms with Crippen molar-refractivity contribution in [3.63, 3.8) is 0 Å². The second kappa shape index (κ2) is 6.58. The Labute approximate surface area is 103 Å². The zero-order valence-corrected chi connectivity index (χ0v) is 10.6. The van der Waals surface area contributed by atoms with Gasteiger partial charge in [-0.15, -0.1) is 12.3 Å². The third-order valence-electron chi connectivity index (χ3n) is 2.63. The molecular formula is C14H18ClN. The summed E-state index contributed by atoms with van der Waals surface area (Å²) < 4.78 is 0. The normalized spacial score (nSPS) is 12.1. The van der Waals surface area contributed by atoms with Gasteiger partial charge in [0.25, 0.3) is 0 Å². The Balaban J connectivity index is 2.74. The summed E-state index contributed by atoms with van der Waals surface area (Å²) in [5, 5.41) is 4.10. The van der Waals surface area contributed by atoms with Crippen molar-refractivity contribution >= 4 is 11.6 Å². The van der Waals surface area contributed by atoms with Crippen molar-refractivity contribution in [2.75, 3.05) is 7.05 Å². The SMILES string of the molecule is C#CCCCC(NC)c1cc(C)cc(Cl)c1. The molecule has 0 aliphatic heterocycles. The molecule has 1 aromatic carbocycles. The van der Waals surface area contributed by atoms with E-state index in [2.05, 4.69) is 24.2 Å². The third-order valence-corrected chi connectivity index (χ3v) is 2.85. The van der Waals surface area contributed by atoms with E-state index in [1.165, 1.54) is 11.1 Å². The lowest BCUT2D eigenvalue weighted by Crippen LogP contribution is -2.16. The minimum Gasteiger partial charge on any atom is -0.313 e. The fourth-order valence-electron chi connectivity index (χ4n) is 1.85. The molecule has 0 fully saturated rings. The molecule has 2 heteroatoms. The quantitative estimate of drug-likeness (QED) is 0.606. The van der Waals surface area contributed by atoms with Gasteiger partial charge in [-0.25, -0.2) is 0 Å². The molecule has 0 bridgehead atoms. The summed E-state index contributed by atoms with van der Waals surface area (Å²) in [6, 6.07) is 6.50. The number of halogens is 1. The molecular weight excluding hydrogens is 218 g/mol. The number of nitrogens with one attached hydrogen (secondary N) is 1. The van der Waals surface area contributed by atoms with Crippen molar-refractivity contribution in [1.82, 2.24) is 5.32 Å². The number of hydrogen-bond donors (Lipinski definition) is 1. The zero-order valence-electron chi connectivity index (χ0n) is 9.89. The molecule has 1 aromatic rings. The highest BCUT2D eigenvalue weighted by Crippen LogP contribution is 2.23. The van der Waals surface area contributed by atoms with E-state index in [1.807, 2.05) is 19.2 Å². The molecule has 0 saturated heterocycles. The van der Waals surface area contributed by atoms with E-state index in [0.29, 0.717) is 6.04 Å². The summed E-state index contributed by atoms with van der Waals surface area (Å²) in [5.74, 6) is 2.67. The molecule has 1 rings (SSSR count). The maximum absolute atomic E-state index is 6.05. The predicted molar refractivity (Wildman–Crippen MR) is 70.7 cm³/mol. The average molecular weight is 236 g/mol. The van der Waals surface area contributed by atoms with Gasteiger partial charge in [0, 0.05) is 17.5 Å². The zero-order chi connectivity index (χ0) is 12.0. The molecule has 1 N–H and O–H groups in total. The fourth-order valence-corrected chi connectivity index (χ4v) is 2.15. The topological polar surface area (TPSA) is 12.0 Å². The number of unbranched alkanes of at least 4 members (excludes halogenated alkanes) is 1. The van der Waals surface area contributed by atoms with E-state index in [1.54, 1.807) is 0 Å². The molecule has 0 heterocycles. The number of terminal acetylenes is 1. The maximum Gasteiger partial charge on any atom is 0.0411 e. The summed E-state index contributed by atoms with van der Waals surface area (Å²) in [7, 11) is 1.97. The lowest BCUT2D eigenvalue weighted by Gasteiger charge is -2.17. The first-order valence-corrected chi connectivity index (χ1v) is 5.93. The molecule has 1 nitrogen and oxygen atoms in total. The van der Waals surface area contributed by atoms with Crippen LogP contribution in [0.3, 0.4) is 0 Å². The van der Waals surface area contributed by atoms with Crippen molar-refractivity contribution in [3.05, 3.63) is 34.3 Å². The smallest absolute Gasteiger partial charge is 0.0411 e. The van der Waals surface area contributed by atoms with E-state index >= 15 is 0 Å². The molecule has 0 aliphatic rings. The van der Waals surface area contributed by atoms with Crippen molar-refractivity contribution < 1.29 is 0 Å². The summed E-state index contributed by atoms with van der Waals surface area (Å²) >= 11 is 6.05. The Bertz CT molecular complexity index is 359. The Hall–Kier alpha value is -0.970. The number of hydrogen-bond acceptors (Lipinski definition) is 1. The summed E-state index contributed by atoms with van der Waals surface area (Å²) in [6.45, 7) is 2.06. The summed E-state index contributed by atoms with van der Waals surface area (Å²) in [5.41, 5.74) is 2.43. The third kappa shape index (κ3) is 3.89. The highest BCUT2D eigenvalue weighted by atomic mass is 35.5. The summed E-state index contributed by atoms with van der Waals surface area (Å²) in [4.78, 5) is 0. The van der Waals surface area contributed by atoms with Gasteiger partial charge in [-0.1, -0.05) is 17.7 Å².